The van der Waals surface area contributed by atoms with Gasteiger partial charge in [0.05, 0.1) is 12.0 Å². The molecule has 11 heteroatoms. The summed E-state index contributed by atoms with van der Waals surface area (Å²) >= 11 is 0.993. The number of ether oxygens (including phenoxy) is 1. The number of sulfonamides is 1. The first kappa shape index (κ1) is 21.3. The van der Waals surface area contributed by atoms with Crippen LogP contribution in [0.15, 0.2) is 58.8 Å². The zero-order valence-corrected chi connectivity index (χ0v) is 17.6. The second-order valence-corrected chi connectivity index (χ2v) is 8.57. The Balaban J connectivity index is 1.66. The van der Waals surface area contributed by atoms with Gasteiger partial charge in [0.15, 0.2) is 5.13 Å². The summed E-state index contributed by atoms with van der Waals surface area (Å²) in [6.45, 7) is 1.40. The lowest BCUT2D eigenvalue weighted by Gasteiger charge is -2.06. The molecule has 156 valence electrons. The van der Waals surface area contributed by atoms with Gasteiger partial charge in [-0.05, 0) is 48.5 Å². The maximum absolute atomic E-state index is 12.5. The third-order valence-corrected chi connectivity index (χ3v) is 6.03. The number of amides is 2. The van der Waals surface area contributed by atoms with E-state index < -0.39 is 15.9 Å². The molecule has 0 aliphatic heterocycles. The molecule has 0 spiro atoms. The van der Waals surface area contributed by atoms with Crippen LogP contribution in [0, 0.1) is 0 Å². The average Bonchev–Trinajstić information content (AvgIpc) is 3.17. The number of thiazole rings is 1. The van der Waals surface area contributed by atoms with Crippen LogP contribution >= 0.6 is 11.3 Å². The Hall–Kier alpha value is -3.44. The number of nitrogens with zero attached hydrogens (tertiary/aromatic N) is 1. The van der Waals surface area contributed by atoms with Crippen LogP contribution in [0.2, 0.25) is 0 Å². The third-order valence-electron chi connectivity index (χ3n) is 3.79. The smallest absolute Gasteiger partial charge is 0.275 e. The summed E-state index contributed by atoms with van der Waals surface area (Å²) in [5.74, 6) is -0.153. The Morgan fingerprint density at radius 3 is 2.13 bits per heavy atom. The molecule has 1 heterocycles. The maximum Gasteiger partial charge on any atom is 0.275 e. The Morgan fingerprint density at radius 2 is 1.57 bits per heavy atom. The first-order valence-corrected chi connectivity index (χ1v) is 10.9. The number of carbonyl (C=O) groups is 2. The van der Waals surface area contributed by atoms with E-state index in [1.807, 2.05) is 0 Å². The van der Waals surface area contributed by atoms with Crippen molar-refractivity contribution in [2.45, 2.75) is 11.8 Å². The van der Waals surface area contributed by atoms with E-state index in [2.05, 4.69) is 20.3 Å². The Morgan fingerprint density at radius 1 is 0.967 bits per heavy atom. The first-order chi connectivity index (χ1) is 14.3. The predicted molar refractivity (Wildman–Crippen MR) is 115 cm³/mol. The fourth-order valence-corrected chi connectivity index (χ4v) is 4.33. The lowest BCUT2D eigenvalue weighted by molar-refractivity contribution is -0.114. The van der Waals surface area contributed by atoms with E-state index in [9.17, 15) is 18.0 Å². The van der Waals surface area contributed by atoms with E-state index in [-0.39, 0.29) is 21.6 Å². The number of nitrogens with one attached hydrogen (secondary N) is 3. The third kappa shape index (κ3) is 5.33. The van der Waals surface area contributed by atoms with E-state index in [0.717, 1.165) is 11.3 Å². The van der Waals surface area contributed by atoms with Crippen LogP contribution in [0.4, 0.5) is 16.5 Å². The van der Waals surface area contributed by atoms with Crippen LogP contribution in [-0.2, 0) is 14.8 Å². The highest BCUT2D eigenvalue weighted by atomic mass is 32.2. The SMILES string of the molecule is COc1ccc(S(=O)(=O)Nc2nc(C(=O)Nc3ccc(NC(C)=O)cc3)cs2)cc1. The summed E-state index contributed by atoms with van der Waals surface area (Å²) < 4.78 is 32.3. The summed E-state index contributed by atoms with van der Waals surface area (Å²) in [5, 5.41) is 6.81. The van der Waals surface area contributed by atoms with E-state index in [4.69, 9.17) is 4.74 Å². The molecule has 0 fully saturated rings. The summed E-state index contributed by atoms with van der Waals surface area (Å²) in [6.07, 6.45) is 0. The second kappa shape index (κ2) is 8.93. The monoisotopic (exact) mass is 446 g/mol. The Kier molecular flexibility index (Phi) is 6.33. The van der Waals surface area contributed by atoms with Gasteiger partial charge in [-0.3, -0.25) is 14.3 Å². The molecule has 2 aromatic carbocycles. The summed E-state index contributed by atoms with van der Waals surface area (Å²) in [6, 6.07) is 12.4. The molecule has 3 rings (SSSR count). The van der Waals surface area contributed by atoms with Crippen LogP contribution in [0.5, 0.6) is 5.75 Å². The molecule has 30 heavy (non-hydrogen) atoms. The van der Waals surface area contributed by atoms with Crippen LogP contribution in [0.25, 0.3) is 0 Å². The largest absolute Gasteiger partial charge is 0.497 e. The van der Waals surface area contributed by atoms with Crippen molar-refractivity contribution in [3.05, 3.63) is 59.6 Å². The van der Waals surface area contributed by atoms with E-state index in [1.165, 1.54) is 43.7 Å². The number of carbonyl (C=O) groups excluding carboxylic acids is 2. The van der Waals surface area contributed by atoms with Gasteiger partial charge in [-0.2, -0.15) is 0 Å². The number of hydrogen-bond donors (Lipinski definition) is 3. The van der Waals surface area contributed by atoms with Crippen molar-refractivity contribution < 1.29 is 22.7 Å². The molecule has 0 aliphatic carbocycles. The number of aromatic nitrogens is 1. The van der Waals surface area contributed by atoms with Gasteiger partial charge in [-0.1, -0.05) is 0 Å². The van der Waals surface area contributed by atoms with Crippen molar-refractivity contribution in [2.24, 2.45) is 0 Å². The molecule has 3 aromatic rings. The van der Waals surface area contributed by atoms with Gasteiger partial charge in [0.2, 0.25) is 5.91 Å². The maximum atomic E-state index is 12.5. The fourth-order valence-electron chi connectivity index (χ4n) is 2.39. The predicted octanol–water partition coefficient (Wildman–Crippen LogP) is 3.16. The van der Waals surface area contributed by atoms with Crippen molar-refractivity contribution >= 4 is 49.7 Å². The Labute approximate surface area is 177 Å². The molecule has 3 N–H and O–H groups in total. The Bertz CT molecular complexity index is 1160. The lowest BCUT2D eigenvalue weighted by atomic mass is 10.2. The zero-order chi connectivity index (χ0) is 21.7. The van der Waals surface area contributed by atoms with Crippen molar-refractivity contribution in [3.63, 3.8) is 0 Å². The van der Waals surface area contributed by atoms with E-state index >= 15 is 0 Å². The fraction of sp³-hybridized carbons (Fsp3) is 0.105. The van der Waals surface area contributed by atoms with Crippen molar-refractivity contribution in [1.82, 2.24) is 4.98 Å². The molecule has 0 saturated heterocycles. The average molecular weight is 447 g/mol. The zero-order valence-electron chi connectivity index (χ0n) is 16.0. The first-order valence-electron chi connectivity index (χ1n) is 8.58. The van der Waals surface area contributed by atoms with Gasteiger partial charge < -0.3 is 15.4 Å². The van der Waals surface area contributed by atoms with Crippen LogP contribution in [0.1, 0.15) is 17.4 Å². The quantitative estimate of drug-likeness (QED) is 0.512. The number of hydrogen-bond acceptors (Lipinski definition) is 7. The minimum Gasteiger partial charge on any atom is -0.497 e. The minimum absolute atomic E-state index is 0.0451. The molecular weight excluding hydrogens is 428 g/mol. The van der Waals surface area contributed by atoms with Crippen LogP contribution < -0.4 is 20.1 Å². The molecular formula is C19H18N4O5S2. The molecule has 0 unspecified atom stereocenters. The highest BCUT2D eigenvalue weighted by molar-refractivity contribution is 7.93. The van der Waals surface area contributed by atoms with E-state index in [0.29, 0.717) is 17.1 Å². The standard InChI is InChI=1S/C19H18N4O5S2/c1-12(24)20-13-3-5-14(6-4-13)21-18(25)17-11-29-19(22-17)23-30(26,27)16-9-7-15(28-2)8-10-16/h3-11H,1-2H3,(H,20,24)(H,21,25)(H,22,23). The van der Waals surface area contributed by atoms with Gasteiger partial charge in [-0.15, -0.1) is 11.3 Å². The molecule has 0 radical (unpaired) electrons. The van der Waals surface area contributed by atoms with Crippen LogP contribution in [-0.4, -0.2) is 32.3 Å². The van der Waals surface area contributed by atoms with Gasteiger partial charge in [-0.25, -0.2) is 13.4 Å². The molecule has 0 bridgehead atoms. The summed E-state index contributed by atoms with van der Waals surface area (Å²) in [7, 11) is -2.36. The number of rotatable bonds is 7. The van der Waals surface area contributed by atoms with Gasteiger partial charge in [0.1, 0.15) is 11.4 Å². The molecule has 2 amide bonds. The van der Waals surface area contributed by atoms with E-state index in [1.54, 1.807) is 24.3 Å². The van der Waals surface area contributed by atoms with Crippen molar-refractivity contribution in [2.75, 3.05) is 22.5 Å². The summed E-state index contributed by atoms with van der Waals surface area (Å²) in [5.41, 5.74) is 1.17. The normalized spacial score (nSPS) is 10.9. The minimum atomic E-state index is -3.85. The number of anilines is 3. The topological polar surface area (TPSA) is 126 Å². The molecule has 9 nitrogen and oxygen atoms in total. The van der Waals surface area contributed by atoms with Gasteiger partial charge >= 0.3 is 0 Å². The van der Waals surface area contributed by atoms with Gasteiger partial charge in [0.25, 0.3) is 15.9 Å². The molecule has 0 saturated carbocycles. The highest BCUT2D eigenvalue weighted by Gasteiger charge is 2.18. The van der Waals surface area contributed by atoms with Gasteiger partial charge in [0, 0.05) is 23.7 Å². The van der Waals surface area contributed by atoms with Crippen molar-refractivity contribution in [3.8, 4) is 5.75 Å². The summed E-state index contributed by atoms with van der Waals surface area (Å²) in [4.78, 5) is 27.5. The highest BCUT2D eigenvalue weighted by Crippen LogP contribution is 2.22. The molecule has 0 atom stereocenters. The lowest BCUT2D eigenvalue weighted by Crippen LogP contribution is -2.15. The van der Waals surface area contributed by atoms with Crippen molar-refractivity contribution in [1.29, 1.82) is 0 Å². The molecule has 0 aliphatic rings. The number of methoxy groups -OCH3 is 1. The molecule has 1 aromatic heterocycles. The number of benzene rings is 2. The van der Waals surface area contributed by atoms with Crippen LogP contribution in [0.3, 0.4) is 0 Å². The second-order valence-electron chi connectivity index (χ2n) is 6.03.